The molecule has 0 fully saturated rings. The van der Waals surface area contributed by atoms with E-state index in [9.17, 15) is 0 Å². The van der Waals surface area contributed by atoms with Crippen molar-refractivity contribution in [3.63, 3.8) is 0 Å². The van der Waals surface area contributed by atoms with Crippen LogP contribution in [0.5, 0.6) is 0 Å². The van der Waals surface area contributed by atoms with Crippen LogP contribution in [0.15, 0.2) is 48.5 Å². The number of benzene rings is 2. The molecule has 0 bridgehead atoms. The molecule has 0 aromatic heterocycles. The Morgan fingerprint density at radius 3 is 2.00 bits per heavy atom. The molecule has 0 aliphatic carbocycles. The normalized spacial score (nSPS) is 11.5. The monoisotopic (exact) mass is 284 g/mol. The number of halogens is 3. The van der Waals surface area contributed by atoms with Crippen LogP contribution in [0.3, 0.4) is 0 Å². The predicted molar refractivity (Wildman–Crippen MR) is 75.9 cm³/mol. The van der Waals surface area contributed by atoms with E-state index in [1.54, 1.807) is 0 Å². The zero-order valence-electron chi connectivity index (χ0n) is 9.25. The van der Waals surface area contributed by atoms with Gasteiger partial charge in [0.05, 0.1) is 0 Å². The summed E-state index contributed by atoms with van der Waals surface area (Å²) in [5.41, 5.74) is 3.99. The maximum Gasteiger partial charge on any atom is 0.216 e. The van der Waals surface area contributed by atoms with Gasteiger partial charge in [-0.25, -0.2) is 0 Å². The second-order valence-corrected chi connectivity index (χ2v) is 6.17. The third kappa shape index (κ3) is 2.95. The van der Waals surface area contributed by atoms with E-state index in [4.69, 9.17) is 34.8 Å². The van der Waals surface area contributed by atoms with Crippen molar-refractivity contribution < 1.29 is 0 Å². The number of aryl methyl sites for hydroxylation is 1. The molecule has 0 nitrogen and oxygen atoms in total. The van der Waals surface area contributed by atoms with Gasteiger partial charge in [0.2, 0.25) is 3.79 Å². The molecule has 17 heavy (non-hydrogen) atoms. The first-order chi connectivity index (χ1) is 7.98. The zero-order valence-corrected chi connectivity index (χ0v) is 11.5. The van der Waals surface area contributed by atoms with E-state index in [1.807, 2.05) is 43.3 Å². The molecule has 2 rings (SSSR count). The molecule has 0 atom stereocenters. The van der Waals surface area contributed by atoms with Gasteiger partial charge in [0, 0.05) is 5.56 Å². The van der Waals surface area contributed by atoms with Crippen molar-refractivity contribution in [1.82, 2.24) is 0 Å². The van der Waals surface area contributed by atoms with Crippen molar-refractivity contribution in [3.8, 4) is 11.1 Å². The molecule has 0 saturated carbocycles. The van der Waals surface area contributed by atoms with Crippen LogP contribution >= 0.6 is 34.8 Å². The SMILES string of the molecule is Cc1cc(-c2ccccc2)ccc1C(Cl)(Cl)Cl. The van der Waals surface area contributed by atoms with Crippen molar-refractivity contribution in [1.29, 1.82) is 0 Å². The lowest BCUT2D eigenvalue weighted by Gasteiger charge is -2.15. The van der Waals surface area contributed by atoms with E-state index in [2.05, 4.69) is 12.1 Å². The third-order valence-corrected chi connectivity index (χ3v) is 3.25. The zero-order chi connectivity index (χ0) is 12.5. The van der Waals surface area contributed by atoms with Crippen LogP contribution in [0.2, 0.25) is 0 Å². The first kappa shape index (κ1) is 12.8. The topological polar surface area (TPSA) is 0 Å². The highest BCUT2D eigenvalue weighted by molar-refractivity contribution is 6.66. The summed E-state index contributed by atoms with van der Waals surface area (Å²) >= 11 is 17.7. The molecule has 2 aromatic rings. The van der Waals surface area contributed by atoms with E-state index in [-0.39, 0.29) is 0 Å². The van der Waals surface area contributed by atoms with Gasteiger partial charge in [-0.15, -0.1) is 0 Å². The van der Waals surface area contributed by atoms with Crippen molar-refractivity contribution in [2.24, 2.45) is 0 Å². The second-order valence-electron chi connectivity index (χ2n) is 3.89. The minimum absolute atomic E-state index is 0.724. The summed E-state index contributed by atoms with van der Waals surface area (Å²) in [5.74, 6) is 0. The fraction of sp³-hybridized carbons (Fsp3) is 0.143. The van der Waals surface area contributed by atoms with Crippen LogP contribution in [0.1, 0.15) is 11.1 Å². The van der Waals surface area contributed by atoms with Crippen molar-refractivity contribution in [3.05, 3.63) is 59.7 Å². The van der Waals surface area contributed by atoms with Crippen molar-refractivity contribution in [2.45, 2.75) is 10.7 Å². The molecular weight excluding hydrogens is 275 g/mol. The summed E-state index contributed by atoms with van der Waals surface area (Å²) in [6.45, 7) is 1.95. The molecule has 0 heterocycles. The minimum Gasteiger partial charge on any atom is -0.0784 e. The Labute approximate surface area is 116 Å². The standard InChI is InChI=1S/C14H11Cl3/c1-10-9-12(11-5-3-2-4-6-11)7-8-13(10)14(15,16)17/h2-9H,1H3. The van der Waals surface area contributed by atoms with E-state index < -0.39 is 3.79 Å². The lowest BCUT2D eigenvalue weighted by Crippen LogP contribution is -2.02. The van der Waals surface area contributed by atoms with Crippen molar-refractivity contribution in [2.75, 3.05) is 0 Å². The summed E-state index contributed by atoms with van der Waals surface area (Å²) in [7, 11) is 0. The molecule has 0 amide bonds. The third-order valence-electron chi connectivity index (χ3n) is 2.64. The molecule has 0 radical (unpaired) electrons. The molecule has 0 aliphatic heterocycles. The highest BCUT2D eigenvalue weighted by Gasteiger charge is 2.24. The van der Waals surface area contributed by atoms with Crippen LogP contribution in [-0.2, 0) is 3.79 Å². The Bertz CT molecular complexity index is 513. The predicted octanol–water partition coefficient (Wildman–Crippen LogP) is 5.49. The van der Waals surface area contributed by atoms with Gasteiger partial charge in [0.25, 0.3) is 0 Å². The van der Waals surface area contributed by atoms with Crippen LogP contribution < -0.4 is 0 Å². The quantitative estimate of drug-likeness (QED) is 0.608. The second kappa shape index (κ2) is 4.89. The lowest BCUT2D eigenvalue weighted by atomic mass is 10.0. The Kier molecular flexibility index (Phi) is 3.67. The highest BCUT2D eigenvalue weighted by Crippen LogP contribution is 2.40. The first-order valence-corrected chi connectivity index (χ1v) is 6.35. The van der Waals surface area contributed by atoms with Gasteiger partial charge in [-0.1, -0.05) is 83.3 Å². The summed E-state index contributed by atoms with van der Waals surface area (Å²) in [6.07, 6.45) is 0. The summed E-state index contributed by atoms with van der Waals surface area (Å²) in [5, 5.41) is 0. The minimum atomic E-state index is -1.36. The molecule has 0 aliphatic rings. The Balaban J connectivity index is 2.45. The van der Waals surface area contributed by atoms with Gasteiger partial charge in [-0.05, 0) is 23.6 Å². The maximum atomic E-state index is 5.89. The van der Waals surface area contributed by atoms with Gasteiger partial charge in [-0.2, -0.15) is 0 Å². The van der Waals surface area contributed by atoms with Gasteiger partial charge in [0.1, 0.15) is 0 Å². The van der Waals surface area contributed by atoms with E-state index in [0.29, 0.717) is 0 Å². The van der Waals surface area contributed by atoms with Gasteiger partial charge >= 0.3 is 0 Å². The van der Waals surface area contributed by atoms with E-state index >= 15 is 0 Å². The average Bonchev–Trinajstić information content (AvgIpc) is 2.28. The molecule has 0 unspecified atom stereocenters. The fourth-order valence-electron chi connectivity index (χ4n) is 1.79. The molecule has 0 N–H and O–H groups in total. The molecule has 2 aromatic carbocycles. The van der Waals surface area contributed by atoms with Gasteiger partial charge < -0.3 is 0 Å². The van der Waals surface area contributed by atoms with E-state index in [1.165, 1.54) is 0 Å². The average molecular weight is 286 g/mol. The Morgan fingerprint density at radius 1 is 0.824 bits per heavy atom. The van der Waals surface area contributed by atoms with Gasteiger partial charge in [-0.3, -0.25) is 0 Å². The Morgan fingerprint density at radius 2 is 1.47 bits per heavy atom. The highest BCUT2D eigenvalue weighted by atomic mass is 35.6. The molecule has 3 heteroatoms. The first-order valence-electron chi connectivity index (χ1n) is 5.22. The fourth-order valence-corrected chi connectivity index (χ4v) is 2.43. The van der Waals surface area contributed by atoms with Gasteiger partial charge in [0.15, 0.2) is 0 Å². The van der Waals surface area contributed by atoms with Crippen LogP contribution in [0, 0.1) is 6.92 Å². The smallest absolute Gasteiger partial charge is 0.0784 e. The summed E-state index contributed by atoms with van der Waals surface area (Å²) in [4.78, 5) is 0. The number of rotatable bonds is 1. The number of hydrogen-bond donors (Lipinski definition) is 0. The molecular formula is C14H11Cl3. The summed E-state index contributed by atoms with van der Waals surface area (Å²) in [6, 6.07) is 16.0. The molecule has 88 valence electrons. The lowest BCUT2D eigenvalue weighted by molar-refractivity contribution is 1.19. The van der Waals surface area contributed by atoms with Crippen LogP contribution in [0.4, 0.5) is 0 Å². The summed E-state index contributed by atoms with van der Waals surface area (Å²) < 4.78 is -1.36. The Hall–Kier alpha value is -0.690. The molecule has 0 saturated heterocycles. The van der Waals surface area contributed by atoms with E-state index in [0.717, 1.165) is 22.3 Å². The maximum absolute atomic E-state index is 5.89. The van der Waals surface area contributed by atoms with Crippen LogP contribution in [0.25, 0.3) is 11.1 Å². The number of alkyl halides is 3. The number of hydrogen-bond acceptors (Lipinski definition) is 0. The van der Waals surface area contributed by atoms with Crippen LogP contribution in [-0.4, -0.2) is 0 Å². The largest absolute Gasteiger partial charge is 0.216 e. The molecule has 0 spiro atoms. The van der Waals surface area contributed by atoms with Crippen molar-refractivity contribution >= 4 is 34.8 Å².